The fourth-order valence-corrected chi connectivity index (χ4v) is 9.99. The number of aryl methyl sites for hydroxylation is 1. The summed E-state index contributed by atoms with van der Waals surface area (Å²) in [6.07, 6.45) is 2.82. The van der Waals surface area contributed by atoms with E-state index in [9.17, 15) is 44.6 Å². The number of β-amino-alcohol motifs (C(OH)–C–C–N with tert-alkyl or cyclic N) is 1. The molecule has 5 N–H and O–H groups in total. The molecule has 18 heteroatoms. The third-order valence-electron chi connectivity index (χ3n) is 13.3. The maximum absolute atomic E-state index is 14.8. The molecule has 69 heavy (non-hydrogen) atoms. The number of carbonyl (C=O) groups is 5. The Balaban J connectivity index is 1.34. The minimum Gasteiger partial charge on any atom is -0.508 e. The van der Waals surface area contributed by atoms with E-state index in [-0.39, 0.29) is 64.3 Å². The van der Waals surface area contributed by atoms with Gasteiger partial charge in [0.1, 0.15) is 23.9 Å². The largest absolute Gasteiger partial charge is 0.508 e. The number of aromatic hydroxyl groups is 1. The Hall–Kier alpha value is -6.65. The number of rotatable bonds is 10. The van der Waals surface area contributed by atoms with Gasteiger partial charge >= 0.3 is 5.97 Å². The lowest BCUT2D eigenvalue weighted by atomic mass is 9.84. The molecule has 4 atom stereocenters. The van der Waals surface area contributed by atoms with Gasteiger partial charge in [-0.25, -0.2) is 4.79 Å². The van der Waals surface area contributed by atoms with Gasteiger partial charge in [-0.1, -0.05) is 46.4 Å². The second-order valence-electron chi connectivity index (χ2n) is 19.6. The zero-order chi connectivity index (χ0) is 50.2. The summed E-state index contributed by atoms with van der Waals surface area (Å²) >= 11 is 0. The Morgan fingerprint density at radius 2 is 1.87 bits per heavy atom. The fraction of sp³-hybridized carbons (Fsp3) is 0.471. The number of fused-ring (bicyclic) bond motifs is 6. The van der Waals surface area contributed by atoms with Crippen molar-refractivity contribution in [3.63, 3.8) is 0 Å². The van der Waals surface area contributed by atoms with Crippen LogP contribution in [0.3, 0.4) is 0 Å². The van der Waals surface area contributed by atoms with Crippen LogP contribution in [0.15, 0.2) is 61.3 Å². The summed E-state index contributed by atoms with van der Waals surface area (Å²) in [6.45, 7) is 13.2. The minimum absolute atomic E-state index is 0.0451. The number of ether oxygens (including phenoxy) is 2. The molecule has 18 nitrogen and oxygen atoms in total. The van der Waals surface area contributed by atoms with E-state index < -0.39 is 64.3 Å². The number of likely N-dealkylation sites (tertiary alicyclic amines) is 1. The van der Waals surface area contributed by atoms with E-state index >= 15 is 0 Å². The highest BCUT2D eigenvalue weighted by Crippen LogP contribution is 2.42. The molecule has 0 aliphatic carbocycles. The molecular weight excluding hydrogens is 885 g/mol. The number of nitrogens with zero attached hydrogens (tertiary/aromatic N) is 6. The average Bonchev–Trinajstić information content (AvgIpc) is 3.86. The standard InChI is InChI=1S/C51H62N8O10/c1-9-42(61)57-17-15-50(66,28-57)47(64)56(7)43(30(3)4)45(62)54-39-21-31-18-34(22-35(60)19-31)33-12-13-41-36(23-33)38(44(58(41)10-2)37-20-32(25-52)26-53-40(37)27-68-8)24-49(5,6)29-69-48(65)51(67)14-11-16-59(55-51)46(39)63/h9,12-13,18-20,22-23,26,30,39,43,55,60,66-67H,1,10-11,14-17,21,24,27-29H2,2-8H3,(H,54,62)/t39-,43-,50+,51-/m0/s1. The van der Waals surface area contributed by atoms with E-state index in [1.165, 1.54) is 24.2 Å². The molecule has 0 unspecified atom stereocenters. The van der Waals surface area contributed by atoms with Gasteiger partial charge in [-0.3, -0.25) is 29.2 Å². The number of methoxy groups -OCH3 is 1. The van der Waals surface area contributed by atoms with Crippen LogP contribution >= 0.6 is 0 Å². The highest BCUT2D eigenvalue weighted by atomic mass is 16.6. The number of aromatic nitrogens is 2. The maximum Gasteiger partial charge on any atom is 0.355 e. The van der Waals surface area contributed by atoms with Crippen molar-refractivity contribution in [2.24, 2.45) is 11.3 Å². The number of likely N-dealkylation sites (N-methyl/N-ethyl adjacent to an activating group) is 1. The normalized spacial score (nSPS) is 22.1. The van der Waals surface area contributed by atoms with Crippen molar-refractivity contribution in [3.05, 3.63) is 83.7 Å². The molecule has 0 radical (unpaired) electrons. The number of aliphatic hydroxyl groups is 2. The van der Waals surface area contributed by atoms with Gasteiger partial charge in [0.2, 0.25) is 17.5 Å². The first kappa shape index (κ1) is 50.2. The van der Waals surface area contributed by atoms with Crippen molar-refractivity contribution < 1.29 is 48.8 Å². The summed E-state index contributed by atoms with van der Waals surface area (Å²) in [5.41, 5.74) is 3.67. The maximum atomic E-state index is 14.8. The Labute approximate surface area is 401 Å². The zero-order valence-corrected chi connectivity index (χ0v) is 40.3. The Bertz CT molecular complexity index is 2740. The van der Waals surface area contributed by atoms with Gasteiger partial charge in [0.25, 0.3) is 11.8 Å². The number of benzene rings is 2. The third-order valence-corrected chi connectivity index (χ3v) is 13.3. The number of cyclic esters (lactones) is 1. The summed E-state index contributed by atoms with van der Waals surface area (Å²) in [4.78, 5) is 76.7. The number of pyridine rings is 1. The summed E-state index contributed by atoms with van der Waals surface area (Å²) in [5, 5.41) is 49.5. The van der Waals surface area contributed by atoms with Crippen LogP contribution in [0.25, 0.3) is 33.3 Å². The molecule has 6 bridgehead atoms. The summed E-state index contributed by atoms with van der Waals surface area (Å²) < 4.78 is 13.6. The zero-order valence-electron chi connectivity index (χ0n) is 40.3. The van der Waals surface area contributed by atoms with Crippen LogP contribution in [0, 0.1) is 22.7 Å². The SMILES string of the molecule is C=CC(=O)N1CC[C@](O)(C(=O)N(C)[C@H](C(=O)N[C@H]2Cc3cc(O)cc(c3)-c3ccc4c(c3)c(c(-c3cc(C#N)cnc3COC)n4CC)CC(C)(C)COC(=O)[C@@]3(O)CCCN(N3)C2=O)C(C)C)C1. The van der Waals surface area contributed by atoms with Crippen molar-refractivity contribution in [2.75, 3.05) is 40.4 Å². The third kappa shape index (κ3) is 10.1. The van der Waals surface area contributed by atoms with E-state index in [0.29, 0.717) is 40.9 Å². The van der Waals surface area contributed by atoms with E-state index in [4.69, 9.17) is 9.47 Å². The molecule has 0 spiro atoms. The van der Waals surface area contributed by atoms with Crippen molar-refractivity contribution in [3.8, 4) is 34.2 Å². The lowest BCUT2D eigenvalue weighted by Gasteiger charge is -2.40. The second-order valence-corrected chi connectivity index (χ2v) is 19.6. The predicted molar refractivity (Wildman–Crippen MR) is 254 cm³/mol. The van der Waals surface area contributed by atoms with Crippen LogP contribution < -0.4 is 10.7 Å². The molecule has 5 heterocycles. The molecule has 366 valence electrons. The number of amides is 4. The van der Waals surface area contributed by atoms with Crippen LogP contribution in [0.2, 0.25) is 0 Å². The monoisotopic (exact) mass is 946 g/mol. The van der Waals surface area contributed by atoms with Gasteiger partial charge in [0, 0.05) is 81.1 Å². The van der Waals surface area contributed by atoms with Crippen LogP contribution in [0.1, 0.15) is 76.3 Å². The average molecular weight is 947 g/mol. The molecule has 2 saturated heterocycles. The molecule has 2 aromatic carbocycles. The van der Waals surface area contributed by atoms with Gasteiger partial charge in [-0.2, -0.15) is 10.7 Å². The summed E-state index contributed by atoms with van der Waals surface area (Å²) in [6, 6.07) is 12.2. The number of hydrogen-bond acceptors (Lipinski definition) is 13. The van der Waals surface area contributed by atoms with Gasteiger partial charge in [-0.05, 0) is 84.3 Å². The Morgan fingerprint density at radius 1 is 1.12 bits per heavy atom. The first-order valence-corrected chi connectivity index (χ1v) is 23.2. The molecule has 7 rings (SSSR count). The first-order chi connectivity index (χ1) is 32.7. The number of nitriles is 1. The van der Waals surface area contributed by atoms with Crippen LogP contribution in [0.5, 0.6) is 5.75 Å². The number of hydrogen-bond donors (Lipinski definition) is 5. The molecule has 3 aliphatic rings. The van der Waals surface area contributed by atoms with E-state index in [0.717, 1.165) is 43.7 Å². The van der Waals surface area contributed by atoms with Gasteiger partial charge < -0.3 is 44.5 Å². The number of carbonyl (C=O) groups excluding carboxylic acids is 5. The van der Waals surface area contributed by atoms with Gasteiger partial charge in [0.05, 0.1) is 36.7 Å². The summed E-state index contributed by atoms with van der Waals surface area (Å²) in [5.74, 6) is -4.32. The highest BCUT2D eigenvalue weighted by molar-refractivity contribution is 5.97. The van der Waals surface area contributed by atoms with E-state index in [1.54, 1.807) is 33.1 Å². The topological polar surface area (TPSA) is 240 Å². The molecule has 4 aromatic rings. The molecule has 2 fully saturated rings. The number of esters is 1. The molecule has 4 amide bonds. The lowest BCUT2D eigenvalue weighted by Crippen LogP contribution is -2.67. The van der Waals surface area contributed by atoms with Crippen LogP contribution in [0.4, 0.5) is 0 Å². The van der Waals surface area contributed by atoms with Crippen LogP contribution in [-0.2, 0) is 59.4 Å². The first-order valence-electron chi connectivity index (χ1n) is 23.2. The number of phenols is 1. The Kier molecular flexibility index (Phi) is 14.4. The van der Waals surface area contributed by atoms with Crippen molar-refractivity contribution >= 4 is 40.5 Å². The van der Waals surface area contributed by atoms with E-state index in [1.807, 2.05) is 45.0 Å². The molecule has 3 aliphatic heterocycles. The predicted octanol–water partition coefficient (Wildman–Crippen LogP) is 3.71. The van der Waals surface area contributed by atoms with E-state index in [2.05, 4.69) is 32.9 Å². The number of hydrazine groups is 1. The molecule has 2 aromatic heterocycles. The minimum atomic E-state index is -2.33. The van der Waals surface area contributed by atoms with Crippen LogP contribution in [-0.4, -0.2) is 133 Å². The van der Waals surface area contributed by atoms with Gasteiger partial charge in [0.15, 0.2) is 5.60 Å². The second kappa shape index (κ2) is 19.8. The van der Waals surface area contributed by atoms with Crippen molar-refractivity contribution in [2.45, 2.75) is 103 Å². The fourth-order valence-electron chi connectivity index (χ4n) is 9.99. The molecule has 0 saturated carbocycles. The summed E-state index contributed by atoms with van der Waals surface area (Å²) in [7, 11) is 2.96. The number of phenolic OH excluding ortho intramolecular Hbond substituents is 1. The lowest BCUT2D eigenvalue weighted by molar-refractivity contribution is -0.189. The molecular formula is C51H62N8O10. The highest BCUT2D eigenvalue weighted by Gasteiger charge is 2.49. The van der Waals surface area contributed by atoms with Gasteiger partial charge in [-0.15, -0.1) is 0 Å². The quantitative estimate of drug-likeness (QED) is 0.113. The number of nitrogens with one attached hydrogen (secondary N) is 2. The van der Waals surface area contributed by atoms with Crippen molar-refractivity contribution in [1.29, 1.82) is 5.26 Å². The smallest absolute Gasteiger partial charge is 0.355 e. The Morgan fingerprint density at radius 3 is 2.55 bits per heavy atom. The van der Waals surface area contributed by atoms with Crippen molar-refractivity contribution in [1.82, 2.24) is 35.1 Å².